The monoisotopic (exact) mass is 904 g/mol. The van der Waals surface area contributed by atoms with Crippen molar-refractivity contribution in [1.82, 2.24) is 25.1 Å². The van der Waals surface area contributed by atoms with Gasteiger partial charge in [-0.3, -0.25) is 38.3 Å². The molecule has 2 aliphatic rings. The average molecular weight is 905 g/mol. The molecule has 2 aromatic carbocycles. The van der Waals surface area contributed by atoms with Crippen LogP contribution in [0.3, 0.4) is 0 Å². The van der Waals surface area contributed by atoms with Crippen molar-refractivity contribution in [2.75, 3.05) is 19.1 Å². The van der Waals surface area contributed by atoms with Crippen LogP contribution in [0.2, 0.25) is 0 Å². The highest BCUT2D eigenvalue weighted by Gasteiger charge is 2.51. The largest absolute Gasteiger partial charge is 0.483 e. The van der Waals surface area contributed by atoms with Gasteiger partial charge in [-0.15, -0.1) is 11.8 Å². The number of aromatic nitrogens is 2. The molecule has 19 nitrogen and oxygen atoms in total. The molecular formula is C44H56N8O11S. The molecule has 2 aliphatic heterocycles. The number of ether oxygens (including phenoxy) is 4. The highest BCUT2D eigenvalue weighted by molar-refractivity contribution is 8.00. The predicted octanol–water partition coefficient (Wildman–Crippen LogP) is 4.06. The lowest BCUT2D eigenvalue weighted by Gasteiger charge is -2.36. The van der Waals surface area contributed by atoms with Gasteiger partial charge in [-0.2, -0.15) is 0 Å². The number of rotatable bonds is 17. The smallest absolute Gasteiger partial charge is 0.330 e. The van der Waals surface area contributed by atoms with E-state index in [1.54, 1.807) is 24.3 Å². The zero-order valence-corrected chi connectivity index (χ0v) is 38.1. The van der Waals surface area contributed by atoms with Gasteiger partial charge in [0.15, 0.2) is 6.61 Å². The van der Waals surface area contributed by atoms with Gasteiger partial charge in [-0.05, 0) is 84.0 Å². The lowest BCUT2D eigenvalue weighted by molar-refractivity contribution is -0.165. The number of aryl methyl sites for hydroxylation is 3. The second kappa shape index (κ2) is 21.0. The Balaban J connectivity index is 1.35. The number of amides is 3. The number of aromatic amines is 1. The van der Waals surface area contributed by atoms with E-state index in [2.05, 4.69) is 25.6 Å². The van der Waals surface area contributed by atoms with Crippen LogP contribution in [0.5, 0.6) is 5.75 Å². The Morgan fingerprint density at radius 1 is 1.00 bits per heavy atom. The van der Waals surface area contributed by atoms with Gasteiger partial charge >= 0.3 is 17.6 Å². The van der Waals surface area contributed by atoms with Crippen molar-refractivity contribution in [3.8, 4) is 5.75 Å². The topological polar surface area (TPSA) is 253 Å². The molecule has 3 amide bonds. The predicted molar refractivity (Wildman–Crippen MR) is 236 cm³/mol. The van der Waals surface area contributed by atoms with Crippen molar-refractivity contribution in [1.29, 1.82) is 0 Å². The molecule has 0 aliphatic carbocycles. The number of para-hydroxylation sites is 1. The fourth-order valence-corrected chi connectivity index (χ4v) is 8.65. The summed E-state index contributed by atoms with van der Waals surface area (Å²) in [6.45, 7) is 13.5. The molecule has 2 saturated heterocycles. The number of azide groups is 1. The summed E-state index contributed by atoms with van der Waals surface area (Å²) < 4.78 is 23.6. The first-order valence-corrected chi connectivity index (χ1v) is 21.8. The summed E-state index contributed by atoms with van der Waals surface area (Å²) in [5, 5.41) is 9.56. The molecular weight excluding hydrogens is 849 g/mol. The Labute approximate surface area is 374 Å². The summed E-state index contributed by atoms with van der Waals surface area (Å²) in [6.07, 6.45) is -3.22. The molecule has 3 heterocycles. The lowest BCUT2D eigenvalue weighted by atomic mass is 9.96. The standard InChI is InChI=1S/C44H56N8O11S/c1-25-13-12-14-26(2)36(25)61-23-32(53)46-30(19-28-15-10-9-11-16-28)37(41(58)52-24-64-44(7,8)38(52)40(57)48-43(4,5)6)63-35(55)18-17-34(54)60-22-31-29(49-50-45)20-33(62-31)51-21-27(3)39(56)47-42(51)59/h9-16,21,29-31,33,37-38H,17-20,22-24H2,1-8H3,(H,46,53)(H,48,57)(H,47,56,59)/t29?,30-,31?,33?,37-,38+/m0/s1. The molecule has 0 saturated carbocycles. The van der Waals surface area contributed by atoms with Gasteiger partial charge in [0.05, 0.1) is 30.8 Å². The van der Waals surface area contributed by atoms with E-state index < -0.39 is 114 Å². The van der Waals surface area contributed by atoms with E-state index in [9.17, 15) is 33.6 Å². The van der Waals surface area contributed by atoms with E-state index in [0.29, 0.717) is 11.3 Å². The fourth-order valence-electron chi connectivity index (χ4n) is 7.51. The van der Waals surface area contributed by atoms with Crippen molar-refractivity contribution in [2.24, 2.45) is 5.11 Å². The second-order valence-corrected chi connectivity index (χ2v) is 19.0. The van der Waals surface area contributed by atoms with Crippen LogP contribution in [-0.4, -0.2) is 104 Å². The second-order valence-electron chi connectivity index (χ2n) is 17.4. The lowest BCUT2D eigenvalue weighted by Crippen LogP contribution is -2.61. The van der Waals surface area contributed by atoms with Gasteiger partial charge < -0.3 is 34.5 Å². The van der Waals surface area contributed by atoms with Crippen LogP contribution in [-0.2, 0) is 44.6 Å². The van der Waals surface area contributed by atoms with E-state index in [4.69, 9.17) is 24.5 Å². The number of nitrogens with zero attached hydrogens (tertiary/aromatic N) is 5. The molecule has 0 spiro atoms. The fraction of sp³-hybridized carbons (Fsp3) is 0.523. The van der Waals surface area contributed by atoms with Crippen LogP contribution in [0, 0.1) is 20.8 Å². The molecule has 0 radical (unpaired) electrons. The van der Waals surface area contributed by atoms with E-state index >= 15 is 0 Å². The quantitative estimate of drug-likeness (QED) is 0.0751. The molecule has 3 N–H and O–H groups in total. The van der Waals surface area contributed by atoms with E-state index in [1.807, 2.05) is 72.7 Å². The SMILES string of the molecule is Cc1cccc(C)c1OCC(=O)N[C@@H](Cc1ccccc1)[C@H](OC(=O)CCC(=O)OCC1OC(n2cc(C)c(=O)[nH]c2=O)CC1N=[N+]=[N-])C(=O)N1CSC(C)(C)[C@H]1C(=O)NC(C)(C)C. The van der Waals surface area contributed by atoms with Crippen molar-refractivity contribution in [3.63, 3.8) is 0 Å². The summed E-state index contributed by atoms with van der Waals surface area (Å²) in [4.78, 5) is 100. The Hall–Kier alpha value is -6.11. The molecule has 344 valence electrons. The van der Waals surface area contributed by atoms with Crippen molar-refractivity contribution in [2.45, 2.75) is 128 Å². The number of H-pyrrole nitrogens is 1. The molecule has 0 bridgehead atoms. The van der Waals surface area contributed by atoms with Crippen LogP contribution in [0.4, 0.5) is 0 Å². The third-order valence-corrected chi connectivity index (χ3v) is 12.0. The van der Waals surface area contributed by atoms with Crippen LogP contribution in [0.15, 0.2) is 69.4 Å². The maximum absolute atomic E-state index is 14.9. The zero-order chi connectivity index (χ0) is 46.9. The summed E-state index contributed by atoms with van der Waals surface area (Å²) in [5.41, 5.74) is 9.82. The highest BCUT2D eigenvalue weighted by Crippen LogP contribution is 2.40. The van der Waals surface area contributed by atoms with Gasteiger partial charge in [-0.25, -0.2) is 4.79 Å². The number of hydrogen-bond acceptors (Lipinski definition) is 13. The Kier molecular flexibility index (Phi) is 16.1. The minimum atomic E-state index is -1.67. The van der Waals surface area contributed by atoms with E-state index in [-0.39, 0.29) is 24.3 Å². The molecule has 64 heavy (non-hydrogen) atoms. The normalized spacial score (nSPS) is 20.0. The minimum absolute atomic E-state index is 0.0322. The third kappa shape index (κ3) is 12.8. The average Bonchev–Trinajstić information content (AvgIpc) is 3.77. The number of nitrogens with one attached hydrogen (secondary N) is 3. The van der Waals surface area contributed by atoms with Gasteiger partial charge in [0.2, 0.25) is 12.0 Å². The first-order valence-electron chi connectivity index (χ1n) is 20.8. The highest BCUT2D eigenvalue weighted by atomic mass is 32.2. The molecule has 6 atom stereocenters. The summed E-state index contributed by atoms with van der Waals surface area (Å²) in [6, 6.07) is 11.5. The number of carbonyl (C=O) groups is 5. The van der Waals surface area contributed by atoms with Crippen molar-refractivity contribution in [3.05, 3.63) is 108 Å². The summed E-state index contributed by atoms with van der Waals surface area (Å²) >= 11 is 1.37. The number of benzene rings is 2. The minimum Gasteiger partial charge on any atom is -0.483 e. The third-order valence-electron chi connectivity index (χ3n) is 10.6. The molecule has 3 unspecified atom stereocenters. The van der Waals surface area contributed by atoms with Gasteiger partial charge in [0.25, 0.3) is 17.4 Å². The number of thioether (sulfide) groups is 1. The summed E-state index contributed by atoms with van der Waals surface area (Å²) in [7, 11) is 0. The van der Waals surface area contributed by atoms with Crippen molar-refractivity contribution >= 4 is 41.4 Å². The Morgan fingerprint density at radius 2 is 1.67 bits per heavy atom. The van der Waals surface area contributed by atoms with Crippen LogP contribution >= 0.6 is 11.8 Å². The number of esters is 2. The number of carbonyl (C=O) groups excluding carboxylic acids is 5. The maximum atomic E-state index is 14.9. The maximum Gasteiger partial charge on any atom is 0.330 e. The number of hydrogen-bond donors (Lipinski definition) is 3. The van der Waals surface area contributed by atoms with Crippen molar-refractivity contribution < 1.29 is 42.9 Å². The molecule has 2 fully saturated rings. The molecule has 5 rings (SSSR count). The Morgan fingerprint density at radius 3 is 2.33 bits per heavy atom. The van der Waals surface area contributed by atoms with E-state index in [1.165, 1.54) is 29.8 Å². The van der Waals surface area contributed by atoms with E-state index in [0.717, 1.165) is 15.7 Å². The Bertz CT molecular complexity index is 2350. The van der Waals surface area contributed by atoms with Crippen LogP contribution in [0.25, 0.3) is 10.4 Å². The molecule has 1 aromatic heterocycles. The van der Waals surface area contributed by atoms with Crippen LogP contribution in [0.1, 0.15) is 82.4 Å². The summed E-state index contributed by atoms with van der Waals surface area (Å²) in [5.74, 6) is -2.95. The van der Waals surface area contributed by atoms with Gasteiger partial charge in [0.1, 0.15) is 30.7 Å². The van der Waals surface area contributed by atoms with Gasteiger partial charge in [0, 0.05) is 33.4 Å². The zero-order valence-electron chi connectivity index (χ0n) is 37.2. The molecule has 3 aromatic rings. The van der Waals surface area contributed by atoms with Gasteiger partial charge in [-0.1, -0.05) is 53.6 Å². The first-order chi connectivity index (χ1) is 30.2. The first kappa shape index (κ1) is 48.9. The molecule has 20 heteroatoms. The van der Waals surface area contributed by atoms with Crippen LogP contribution < -0.4 is 26.6 Å².